The van der Waals surface area contributed by atoms with E-state index in [0.717, 1.165) is 59.4 Å². The summed E-state index contributed by atoms with van der Waals surface area (Å²) < 4.78 is 5.22. The van der Waals surface area contributed by atoms with Crippen LogP contribution in [0.1, 0.15) is 31.2 Å². The summed E-state index contributed by atoms with van der Waals surface area (Å²) in [5.41, 5.74) is 2.68. The molecule has 3 N–H and O–H groups in total. The molecule has 0 aliphatic heterocycles. The average molecular weight is 449 g/mol. The summed E-state index contributed by atoms with van der Waals surface area (Å²) in [5, 5.41) is 10.6. The van der Waals surface area contributed by atoms with E-state index in [-0.39, 0.29) is 18.1 Å². The van der Waals surface area contributed by atoms with Gasteiger partial charge in [0.25, 0.3) is 0 Å². The second kappa shape index (κ2) is 9.94. The van der Waals surface area contributed by atoms with E-state index in [9.17, 15) is 4.79 Å². The quantitative estimate of drug-likeness (QED) is 0.512. The first kappa shape index (κ1) is 22.6. The van der Waals surface area contributed by atoms with Gasteiger partial charge in [0.1, 0.15) is 11.6 Å². The number of carbonyl (C=O) groups excluding carboxylic acids is 1. The number of para-hydroxylation sites is 1. The predicted octanol–water partition coefficient (Wildman–Crippen LogP) is 4.56. The fraction of sp³-hybridized carbons (Fsp3) is 0.400. The fourth-order valence-electron chi connectivity index (χ4n) is 4.28. The Morgan fingerprint density at radius 1 is 1.03 bits per heavy atom. The van der Waals surface area contributed by atoms with E-state index in [2.05, 4.69) is 16.0 Å². The molecule has 174 valence electrons. The van der Waals surface area contributed by atoms with Crippen LogP contribution in [0.4, 0.5) is 22.2 Å². The number of ether oxygens (including phenoxy) is 1. The molecule has 33 heavy (non-hydrogen) atoms. The molecular formula is C25H32N6O2. The first-order valence-electron chi connectivity index (χ1n) is 11.4. The van der Waals surface area contributed by atoms with Gasteiger partial charge < -0.3 is 25.6 Å². The number of aromatic nitrogens is 2. The van der Waals surface area contributed by atoms with Crippen molar-refractivity contribution in [2.24, 2.45) is 0 Å². The largest absolute Gasteiger partial charge is 0.497 e. The Labute approximate surface area is 194 Å². The van der Waals surface area contributed by atoms with Crippen molar-refractivity contribution in [3.8, 4) is 5.75 Å². The van der Waals surface area contributed by atoms with Crippen molar-refractivity contribution in [3.63, 3.8) is 0 Å². The van der Waals surface area contributed by atoms with Crippen LogP contribution in [0.2, 0.25) is 0 Å². The third kappa shape index (κ3) is 5.45. The summed E-state index contributed by atoms with van der Waals surface area (Å²) >= 11 is 0. The highest BCUT2D eigenvalue weighted by Gasteiger charge is 2.23. The maximum atomic E-state index is 12.5. The number of rotatable bonds is 6. The molecule has 0 saturated heterocycles. The lowest BCUT2D eigenvalue weighted by Gasteiger charge is -2.30. The molecule has 0 bridgehead atoms. The van der Waals surface area contributed by atoms with Crippen molar-refractivity contribution < 1.29 is 9.53 Å². The zero-order chi connectivity index (χ0) is 23.4. The lowest BCUT2D eigenvalue weighted by molar-refractivity contribution is 0.243. The minimum Gasteiger partial charge on any atom is -0.497 e. The Kier molecular flexibility index (Phi) is 6.82. The predicted molar refractivity (Wildman–Crippen MR) is 133 cm³/mol. The first-order chi connectivity index (χ1) is 15.9. The van der Waals surface area contributed by atoms with Crippen molar-refractivity contribution >= 4 is 34.4 Å². The smallest absolute Gasteiger partial charge is 0.319 e. The van der Waals surface area contributed by atoms with Gasteiger partial charge in [0, 0.05) is 37.3 Å². The number of fused-ring (bicyclic) bond motifs is 1. The van der Waals surface area contributed by atoms with E-state index in [1.54, 1.807) is 7.11 Å². The summed E-state index contributed by atoms with van der Waals surface area (Å²) in [4.78, 5) is 24.0. The molecule has 4 rings (SSSR count). The monoisotopic (exact) mass is 448 g/mol. The van der Waals surface area contributed by atoms with E-state index >= 15 is 0 Å². The normalized spacial score (nSPS) is 17.9. The zero-order valence-electron chi connectivity index (χ0n) is 19.7. The highest BCUT2D eigenvalue weighted by Crippen LogP contribution is 2.26. The molecule has 2 amide bonds. The van der Waals surface area contributed by atoms with Crippen LogP contribution in [0.15, 0.2) is 42.5 Å². The molecule has 0 radical (unpaired) electrons. The van der Waals surface area contributed by atoms with Gasteiger partial charge in [-0.1, -0.05) is 12.1 Å². The zero-order valence-corrected chi connectivity index (χ0v) is 19.7. The summed E-state index contributed by atoms with van der Waals surface area (Å²) in [7, 11) is 5.62. The summed E-state index contributed by atoms with van der Waals surface area (Å²) in [6.07, 6.45) is 3.70. The van der Waals surface area contributed by atoms with Gasteiger partial charge in [0.15, 0.2) is 0 Å². The van der Waals surface area contributed by atoms with Crippen LogP contribution in [0.3, 0.4) is 0 Å². The maximum Gasteiger partial charge on any atom is 0.319 e. The molecule has 0 spiro atoms. The third-order valence-corrected chi connectivity index (χ3v) is 6.08. The number of carbonyl (C=O) groups is 1. The van der Waals surface area contributed by atoms with Crippen molar-refractivity contribution in [3.05, 3.63) is 48.0 Å². The highest BCUT2D eigenvalue weighted by atomic mass is 16.5. The highest BCUT2D eigenvalue weighted by molar-refractivity contribution is 5.91. The Morgan fingerprint density at radius 2 is 1.76 bits per heavy atom. The van der Waals surface area contributed by atoms with Crippen molar-refractivity contribution in [2.45, 2.75) is 44.7 Å². The number of nitrogens with zero attached hydrogens (tertiary/aromatic N) is 3. The molecule has 1 aliphatic rings. The van der Waals surface area contributed by atoms with Gasteiger partial charge in [0.05, 0.1) is 12.6 Å². The molecule has 3 aromatic rings. The van der Waals surface area contributed by atoms with Crippen LogP contribution in [0, 0.1) is 6.92 Å². The van der Waals surface area contributed by atoms with Crippen molar-refractivity contribution in [2.75, 3.05) is 36.7 Å². The van der Waals surface area contributed by atoms with Gasteiger partial charge in [-0.15, -0.1) is 0 Å². The van der Waals surface area contributed by atoms with Crippen LogP contribution in [0.25, 0.3) is 10.9 Å². The second-order valence-corrected chi connectivity index (χ2v) is 8.75. The second-order valence-electron chi connectivity index (χ2n) is 8.75. The topological polar surface area (TPSA) is 91.4 Å². The van der Waals surface area contributed by atoms with E-state index in [4.69, 9.17) is 14.7 Å². The number of anilines is 3. The minimum absolute atomic E-state index is 0.150. The fourth-order valence-corrected chi connectivity index (χ4v) is 4.28. The minimum atomic E-state index is -0.173. The molecule has 0 atom stereocenters. The average Bonchev–Trinajstić information content (AvgIpc) is 2.81. The number of aryl methyl sites for hydroxylation is 1. The number of benzene rings is 2. The van der Waals surface area contributed by atoms with E-state index in [1.165, 1.54) is 0 Å². The van der Waals surface area contributed by atoms with Crippen LogP contribution in [-0.4, -0.2) is 49.3 Å². The molecule has 8 heteroatoms. The molecule has 1 aromatic heterocycles. The number of amides is 2. The molecule has 8 nitrogen and oxygen atoms in total. The molecular weight excluding hydrogens is 416 g/mol. The molecule has 2 aromatic carbocycles. The number of hydrogen-bond donors (Lipinski definition) is 3. The van der Waals surface area contributed by atoms with Gasteiger partial charge in [-0.05, 0) is 68.5 Å². The summed E-state index contributed by atoms with van der Waals surface area (Å²) in [5.74, 6) is 2.34. The van der Waals surface area contributed by atoms with Gasteiger partial charge in [-0.3, -0.25) is 0 Å². The summed E-state index contributed by atoms with van der Waals surface area (Å²) in [6, 6.07) is 13.9. The first-order valence-corrected chi connectivity index (χ1v) is 11.4. The van der Waals surface area contributed by atoms with Gasteiger partial charge in [0.2, 0.25) is 5.95 Å². The lowest BCUT2D eigenvalue weighted by Crippen LogP contribution is -2.42. The van der Waals surface area contributed by atoms with Crippen LogP contribution in [-0.2, 0) is 0 Å². The van der Waals surface area contributed by atoms with Gasteiger partial charge in [-0.25, -0.2) is 9.78 Å². The lowest BCUT2D eigenvalue weighted by atomic mass is 9.91. The van der Waals surface area contributed by atoms with Gasteiger partial charge >= 0.3 is 6.03 Å². The summed E-state index contributed by atoms with van der Waals surface area (Å²) in [6.45, 7) is 1.95. The Hall–Kier alpha value is -3.55. The molecule has 1 fully saturated rings. The Morgan fingerprint density at radius 3 is 2.45 bits per heavy atom. The van der Waals surface area contributed by atoms with Crippen molar-refractivity contribution in [1.82, 2.24) is 15.3 Å². The number of methoxy groups -OCH3 is 1. The van der Waals surface area contributed by atoms with E-state index in [1.807, 2.05) is 68.4 Å². The molecule has 1 saturated carbocycles. The van der Waals surface area contributed by atoms with E-state index < -0.39 is 0 Å². The SMILES string of the molecule is COc1ccc(NC(=O)N[C@H]2CC[C@@H](Nc3nc(N(C)C)c4ccccc4n3)CC2)c(C)c1. The van der Waals surface area contributed by atoms with Crippen LogP contribution in [0.5, 0.6) is 5.75 Å². The van der Waals surface area contributed by atoms with Crippen LogP contribution < -0.4 is 25.6 Å². The van der Waals surface area contributed by atoms with Crippen molar-refractivity contribution in [1.29, 1.82) is 0 Å². The number of urea groups is 1. The Balaban J connectivity index is 1.32. The molecule has 0 unspecified atom stereocenters. The molecule has 1 heterocycles. The maximum absolute atomic E-state index is 12.5. The van der Waals surface area contributed by atoms with E-state index in [0.29, 0.717) is 5.95 Å². The van der Waals surface area contributed by atoms with Gasteiger partial charge in [-0.2, -0.15) is 4.98 Å². The Bertz CT molecular complexity index is 1130. The molecule has 1 aliphatic carbocycles. The standard InChI is InChI=1S/C25H32N6O2/c1-16-15-19(33-4)13-14-21(16)29-25(32)27-18-11-9-17(10-12-18)26-24-28-22-8-6-5-7-20(22)23(30-24)31(2)3/h5-8,13-15,17-18H,9-12H2,1-4H3,(H,26,28,30)(H2,27,29,32)/t17-,18+. The van der Waals surface area contributed by atoms with Crippen LogP contribution >= 0.6 is 0 Å². The third-order valence-electron chi connectivity index (χ3n) is 6.08. The number of nitrogens with one attached hydrogen (secondary N) is 3. The number of hydrogen-bond acceptors (Lipinski definition) is 6.